The van der Waals surface area contributed by atoms with Crippen molar-refractivity contribution < 1.29 is 84.9 Å². The van der Waals surface area contributed by atoms with Gasteiger partial charge in [0, 0.05) is 77.7 Å². The van der Waals surface area contributed by atoms with Gasteiger partial charge in [-0.05, 0) is 113 Å². The van der Waals surface area contributed by atoms with Crippen molar-refractivity contribution in [2.24, 2.45) is 5.92 Å². The van der Waals surface area contributed by atoms with Gasteiger partial charge >= 0.3 is 25.0 Å². The van der Waals surface area contributed by atoms with E-state index in [4.69, 9.17) is 89.2 Å². The first-order chi connectivity index (χ1) is 56.4. The number of nitriles is 2. The molecule has 4 aromatic heterocycles. The van der Waals surface area contributed by atoms with Crippen molar-refractivity contribution in [3.8, 4) is 46.9 Å². The van der Waals surface area contributed by atoms with Crippen LogP contribution in [0.5, 0.6) is 34.8 Å². The predicted molar refractivity (Wildman–Crippen MR) is 431 cm³/mol. The number of halogens is 2. The molecule has 32 nitrogen and oxygen atoms in total. The maximum absolute atomic E-state index is 16.4. The van der Waals surface area contributed by atoms with E-state index in [1.54, 1.807) is 126 Å². The fourth-order valence-corrected chi connectivity index (χ4v) is 20.0. The first-order valence-electron chi connectivity index (χ1n) is 36.6. The summed E-state index contributed by atoms with van der Waals surface area (Å²) < 4.78 is 112. The van der Waals surface area contributed by atoms with Crippen LogP contribution in [0, 0.1) is 35.5 Å². The van der Waals surface area contributed by atoms with Crippen LogP contribution in [0.25, 0.3) is 11.2 Å². The van der Waals surface area contributed by atoms with Crippen molar-refractivity contribution in [2.45, 2.75) is 113 Å². The summed E-state index contributed by atoms with van der Waals surface area (Å²) >= 11 is 14.2. The fraction of sp³-hybridized carbons (Fsp3) is 0.329. The third-order valence-electron chi connectivity index (χ3n) is 18.9. The molecule has 117 heavy (non-hydrogen) atoms. The van der Waals surface area contributed by atoms with E-state index in [0.717, 1.165) is 9.13 Å². The maximum atomic E-state index is 16.4. The van der Waals surface area contributed by atoms with E-state index in [9.17, 15) is 39.9 Å². The molecule has 3 aliphatic rings. The van der Waals surface area contributed by atoms with Crippen LogP contribution in [0.3, 0.4) is 0 Å². The second-order valence-electron chi connectivity index (χ2n) is 27.1. The van der Waals surface area contributed by atoms with Gasteiger partial charge in [-0.15, -0.1) is 0 Å². The summed E-state index contributed by atoms with van der Waals surface area (Å²) in [5.74, 6) is -3.80. The third kappa shape index (κ3) is 20.1. The molecule has 11 atom stereocenters. The van der Waals surface area contributed by atoms with Gasteiger partial charge in [0.2, 0.25) is 23.5 Å². The Balaban J connectivity index is 0.856. The number of hydrogen-bond acceptors (Lipinski definition) is 29. The number of anilines is 2. The van der Waals surface area contributed by atoms with Gasteiger partial charge in [-0.1, -0.05) is 128 Å². The van der Waals surface area contributed by atoms with Gasteiger partial charge in [-0.2, -0.15) is 30.5 Å². The van der Waals surface area contributed by atoms with E-state index < -0.39 is 123 Å². The molecule has 2 unspecified atom stereocenters. The van der Waals surface area contributed by atoms with Gasteiger partial charge in [0.15, 0.2) is 11.2 Å². The van der Waals surface area contributed by atoms with Crippen LogP contribution < -0.4 is 41.0 Å². The number of carbonyl (C=O) groups excluding carboxylic acids is 2. The molecule has 3 saturated heterocycles. The molecule has 2 amide bonds. The molecule has 13 rings (SSSR count). The number of ether oxygens (including phenoxy) is 8. The van der Waals surface area contributed by atoms with Crippen LogP contribution in [-0.4, -0.2) is 143 Å². The average Bonchev–Trinajstić information content (AvgIpc) is 1.71. The van der Waals surface area contributed by atoms with Crippen LogP contribution >= 0.6 is 59.6 Å². The minimum absolute atomic E-state index is 0.0312. The lowest BCUT2D eigenvalue weighted by molar-refractivity contribution is -0.185. The number of imidazole rings is 1. The fourth-order valence-electron chi connectivity index (χ4n) is 13.0. The minimum atomic E-state index is -4.92. The first-order valence-corrected chi connectivity index (χ1v) is 43.6. The molecule has 610 valence electrons. The van der Waals surface area contributed by atoms with Crippen LogP contribution in [0.2, 0.25) is 10.0 Å². The number of carbonyl (C=O) groups is 2. The molecule has 0 spiro atoms. The van der Waals surface area contributed by atoms with E-state index in [2.05, 4.69) is 31.7 Å². The number of aromatic nitrogens is 8. The van der Waals surface area contributed by atoms with E-state index in [-0.39, 0.29) is 99.8 Å². The van der Waals surface area contributed by atoms with Crippen molar-refractivity contribution in [2.75, 3.05) is 56.2 Å². The monoisotopic (exact) mass is 1710 g/mol. The van der Waals surface area contributed by atoms with E-state index in [1.807, 2.05) is 60.7 Å². The number of aliphatic hydroxyl groups is 2. The smallest absolute Gasteiger partial charge is 0.391 e. The molecule has 3 aliphatic heterocycles. The minimum Gasteiger partial charge on any atom is -0.497 e. The van der Waals surface area contributed by atoms with Crippen LogP contribution in [0.15, 0.2) is 192 Å². The zero-order valence-corrected chi connectivity index (χ0v) is 68.2. The topological polar surface area (TPSA) is 405 Å². The number of methoxy groups -OCH3 is 2. The van der Waals surface area contributed by atoms with Crippen molar-refractivity contribution in [3.05, 3.63) is 241 Å². The van der Waals surface area contributed by atoms with E-state index >= 15 is 9.13 Å². The van der Waals surface area contributed by atoms with Crippen molar-refractivity contribution in [1.82, 2.24) is 38.6 Å². The van der Waals surface area contributed by atoms with Gasteiger partial charge in [0.1, 0.15) is 77.5 Å². The largest absolute Gasteiger partial charge is 0.497 e. The molecule has 0 radical (unpaired) electrons. The summed E-state index contributed by atoms with van der Waals surface area (Å²) in [7, 11) is 3.08. The molecule has 0 bridgehead atoms. The van der Waals surface area contributed by atoms with Gasteiger partial charge < -0.3 is 53.4 Å². The zero-order valence-electron chi connectivity index (χ0n) is 63.3. The molecule has 0 aliphatic carbocycles. The number of nitrogens with zero attached hydrogens (tertiary/aromatic N) is 10. The van der Waals surface area contributed by atoms with Gasteiger partial charge in [-0.25, -0.2) is 23.7 Å². The standard InChI is InChI=1S/C79H78Cl2N12O20P2S2/c1-48(2)71(95)88-75-87-70-69(74(89-75)110-60-39-54(80)27-32-58(60)81)84-47-93(70)67-41-61(63(109-67)44-104-79(51-19-11-7-12-20-51,52-23-28-55(102-4)29-24-52)53-25-30-56(103-5)31-26-53)112-114(100,116-37-15-34-82)106-46-64-78(99,42-68(111-64)91-36-33-65(86-76(91)97)85-72(96)50-17-9-6-10-18-50)113-115(101,117-38-16-35-83)105-45-62-59(94)40-66(108-62)92-43-49(3)73(90-77(92)98)107-57-21-13-8-14-22-57/h6-14,17-33,36,39,43,47-48,59,61-64,66-68,94,99H,15-16,37-38,40-42,44-46H2,1-5H3,(H,85,86,96,97)(H,87,88,89,95)/t59-,61-,62+,63+,64+,66+,67+,68+,78+,114?,115?/m0/s1. The Bertz CT molecular complexity index is 5460. The number of hydrogen-bond donors (Lipinski definition) is 4. The molecular formula is C79H78Cl2N12O20P2S2. The highest BCUT2D eigenvalue weighted by atomic mass is 35.5. The van der Waals surface area contributed by atoms with Crippen molar-refractivity contribution in [1.29, 1.82) is 10.5 Å². The lowest BCUT2D eigenvalue weighted by Crippen LogP contribution is -2.43. The quantitative estimate of drug-likeness (QED) is 0.0124. The van der Waals surface area contributed by atoms with E-state index in [0.29, 0.717) is 62.3 Å². The molecule has 3 fully saturated rings. The maximum Gasteiger partial charge on any atom is 0.391 e. The van der Waals surface area contributed by atoms with Crippen LogP contribution in [0.1, 0.15) is 97.2 Å². The van der Waals surface area contributed by atoms with Crippen LogP contribution in [-0.2, 0) is 56.6 Å². The Labute approximate surface area is 688 Å². The number of benzene rings is 6. The van der Waals surface area contributed by atoms with Crippen LogP contribution in [0.4, 0.5) is 11.8 Å². The summed E-state index contributed by atoms with van der Waals surface area (Å²) in [5.41, 5.74) is -0.603. The molecule has 6 aromatic carbocycles. The summed E-state index contributed by atoms with van der Waals surface area (Å²) in [6.45, 7) is -6.86. The summed E-state index contributed by atoms with van der Waals surface area (Å²) in [6, 6.07) is 50.5. The lowest BCUT2D eigenvalue weighted by atomic mass is 9.80. The summed E-state index contributed by atoms with van der Waals surface area (Å²) in [4.78, 5) is 76.8. The Morgan fingerprint density at radius 3 is 1.95 bits per heavy atom. The molecule has 0 saturated carbocycles. The molecule has 4 N–H and O–H groups in total. The number of nitrogens with one attached hydrogen (secondary N) is 2. The second-order valence-corrected chi connectivity index (χ2v) is 36.2. The van der Waals surface area contributed by atoms with Gasteiger partial charge in [-0.3, -0.25) is 46.7 Å². The predicted octanol–water partition coefficient (Wildman–Crippen LogP) is 14.3. The number of para-hydroxylation sites is 1. The number of rotatable bonds is 35. The SMILES string of the molecule is COc1ccc(C(OC[C@H]2O[C@@H](n3cnc4c(Oc5cc(Cl)ccc5Cl)nc(NC(=O)C(C)C)nc43)C[C@@H]2OP(=O)(OC[C@H]2O[C@@H](n3ccc(NC(=O)c4ccccc4)nc3=O)C[C@@]2(O)OP(=O)(OC[C@H]2O[C@@H](n3cc(C)c(Oc4ccccc4)nc3=O)C[C@@H]2O)SCCC#N)SCCC#N)(c2ccccc2)c2ccc(OC)cc2)cc1. The highest BCUT2D eigenvalue weighted by Crippen LogP contribution is 2.67. The molecule has 7 heterocycles. The van der Waals surface area contributed by atoms with E-state index in [1.165, 1.54) is 41.5 Å². The molecule has 38 heteroatoms. The zero-order chi connectivity index (χ0) is 82.6. The lowest BCUT2D eigenvalue weighted by Gasteiger charge is -2.37. The number of aliphatic hydroxyl groups excluding tert-OH is 1. The number of aryl methyl sites for hydroxylation is 1. The second kappa shape index (κ2) is 37.8. The Hall–Kier alpha value is -9.91. The summed E-state index contributed by atoms with van der Waals surface area (Å²) in [5, 5.41) is 50.4. The number of amides is 2. The van der Waals surface area contributed by atoms with Gasteiger partial charge in [0.25, 0.3) is 11.8 Å². The Morgan fingerprint density at radius 1 is 0.684 bits per heavy atom. The highest BCUT2D eigenvalue weighted by molar-refractivity contribution is 8.55. The van der Waals surface area contributed by atoms with Crippen molar-refractivity contribution >= 4 is 94.3 Å². The van der Waals surface area contributed by atoms with Gasteiger partial charge in [0.05, 0.1) is 70.1 Å². The third-order valence-corrected chi connectivity index (χ3v) is 26.9. The molecular weight excluding hydrogens is 1630 g/mol. The summed E-state index contributed by atoms with van der Waals surface area (Å²) in [6.07, 6.45) is -8.73. The number of fused-ring (bicyclic) bond motifs is 1. The first kappa shape index (κ1) is 85.0. The van der Waals surface area contributed by atoms with Crippen molar-refractivity contribution in [3.63, 3.8) is 0 Å². The Morgan fingerprint density at radius 2 is 1.30 bits per heavy atom. The Kier molecular flexibility index (Phi) is 27.4. The molecule has 10 aromatic rings. The normalized spacial score (nSPS) is 20.9. The average molecular weight is 1710 g/mol. The highest BCUT2D eigenvalue weighted by Gasteiger charge is 2.56.